The zero-order chi connectivity index (χ0) is 24.0. The Morgan fingerprint density at radius 1 is 1.06 bits per heavy atom. The molecule has 2 aromatic rings. The van der Waals surface area contributed by atoms with Gasteiger partial charge in [0, 0.05) is 13.1 Å². The number of benzene rings is 2. The van der Waals surface area contributed by atoms with Crippen molar-refractivity contribution in [1.82, 2.24) is 4.31 Å². The molecule has 1 amide bonds. The largest absolute Gasteiger partial charge is 0.496 e. The summed E-state index contributed by atoms with van der Waals surface area (Å²) in [5.74, 6) is -0.891. The van der Waals surface area contributed by atoms with Gasteiger partial charge < -0.3 is 14.8 Å². The van der Waals surface area contributed by atoms with Gasteiger partial charge in [0.1, 0.15) is 5.75 Å². The molecule has 33 heavy (non-hydrogen) atoms. The predicted octanol–water partition coefficient (Wildman–Crippen LogP) is 4.34. The van der Waals surface area contributed by atoms with Crippen molar-refractivity contribution in [3.63, 3.8) is 0 Å². The highest BCUT2D eigenvalue weighted by atomic mass is 35.5. The summed E-state index contributed by atoms with van der Waals surface area (Å²) in [4.78, 5) is 24.9. The number of nitrogens with zero attached hydrogens (tertiary/aromatic N) is 1. The van der Waals surface area contributed by atoms with Crippen LogP contribution in [0.1, 0.15) is 53.3 Å². The fourth-order valence-electron chi connectivity index (χ4n) is 3.60. The molecule has 1 aliphatic rings. The minimum absolute atomic E-state index is 0.0269. The quantitative estimate of drug-likeness (QED) is 0.574. The van der Waals surface area contributed by atoms with Crippen LogP contribution in [0.4, 0.5) is 5.69 Å². The lowest BCUT2D eigenvalue weighted by molar-refractivity contribution is 0.0526. The summed E-state index contributed by atoms with van der Waals surface area (Å²) in [6, 6.07) is 8.58. The molecule has 8 nitrogen and oxygen atoms in total. The number of hydrogen-bond donors (Lipinski definition) is 1. The van der Waals surface area contributed by atoms with E-state index in [-0.39, 0.29) is 39.1 Å². The SMILES string of the molecule is CCOC(=O)c1ccc(NC(=O)c2cc(S(=O)(=O)N3CCCCCC3)ccc2OC)c(Cl)c1. The molecule has 0 atom stereocenters. The predicted molar refractivity (Wildman–Crippen MR) is 126 cm³/mol. The van der Waals surface area contributed by atoms with Crippen molar-refractivity contribution in [3.8, 4) is 5.75 Å². The Morgan fingerprint density at radius 3 is 2.36 bits per heavy atom. The van der Waals surface area contributed by atoms with Gasteiger partial charge in [-0.1, -0.05) is 24.4 Å². The fraction of sp³-hybridized carbons (Fsp3) is 0.391. The number of amides is 1. The Bertz CT molecular complexity index is 1130. The van der Waals surface area contributed by atoms with Crippen LogP contribution in [0.3, 0.4) is 0 Å². The number of rotatable bonds is 7. The van der Waals surface area contributed by atoms with Crippen LogP contribution < -0.4 is 10.1 Å². The van der Waals surface area contributed by atoms with Crippen molar-refractivity contribution >= 4 is 39.2 Å². The summed E-state index contributed by atoms with van der Waals surface area (Å²) >= 11 is 6.24. The molecular weight excluding hydrogens is 468 g/mol. The third-order valence-corrected chi connectivity index (χ3v) is 7.55. The van der Waals surface area contributed by atoms with E-state index in [1.54, 1.807) is 6.92 Å². The summed E-state index contributed by atoms with van der Waals surface area (Å²) in [6.07, 6.45) is 3.61. The number of hydrogen-bond acceptors (Lipinski definition) is 6. The van der Waals surface area contributed by atoms with Crippen molar-refractivity contribution in [2.45, 2.75) is 37.5 Å². The molecule has 1 N–H and O–H groups in total. The number of sulfonamides is 1. The lowest BCUT2D eigenvalue weighted by Crippen LogP contribution is -2.32. The summed E-state index contributed by atoms with van der Waals surface area (Å²) < 4.78 is 38.0. The maximum absolute atomic E-state index is 13.2. The second-order valence-electron chi connectivity index (χ2n) is 7.55. The maximum atomic E-state index is 13.2. The number of carbonyl (C=O) groups is 2. The lowest BCUT2D eigenvalue weighted by atomic mass is 10.1. The van der Waals surface area contributed by atoms with E-state index in [0.29, 0.717) is 13.1 Å². The molecule has 1 fully saturated rings. The standard InChI is InChI=1S/C23H27ClN2O6S/c1-3-32-23(28)16-8-10-20(19(24)14-16)25-22(27)18-15-17(9-11-21(18)31-2)33(29,30)26-12-6-4-5-7-13-26/h8-11,14-15H,3-7,12-13H2,1-2H3,(H,25,27). The zero-order valence-electron chi connectivity index (χ0n) is 18.6. The monoisotopic (exact) mass is 494 g/mol. The summed E-state index contributed by atoms with van der Waals surface area (Å²) in [7, 11) is -2.35. The van der Waals surface area contributed by atoms with Crippen LogP contribution in [0, 0.1) is 0 Å². The molecule has 0 unspecified atom stereocenters. The third-order valence-electron chi connectivity index (χ3n) is 5.35. The number of anilines is 1. The smallest absolute Gasteiger partial charge is 0.338 e. The van der Waals surface area contributed by atoms with Crippen LogP contribution in [-0.4, -0.2) is 51.4 Å². The number of esters is 1. The maximum Gasteiger partial charge on any atom is 0.338 e. The second-order valence-corrected chi connectivity index (χ2v) is 9.89. The molecule has 0 saturated carbocycles. The highest BCUT2D eigenvalue weighted by Gasteiger charge is 2.27. The molecule has 0 bridgehead atoms. The molecule has 0 aliphatic carbocycles. The van der Waals surface area contributed by atoms with Crippen LogP contribution >= 0.6 is 11.6 Å². The minimum Gasteiger partial charge on any atom is -0.496 e. The topological polar surface area (TPSA) is 102 Å². The van der Waals surface area contributed by atoms with E-state index in [4.69, 9.17) is 21.1 Å². The van der Waals surface area contributed by atoms with Gasteiger partial charge in [-0.2, -0.15) is 4.31 Å². The molecular formula is C23H27ClN2O6S. The van der Waals surface area contributed by atoms with Crippen LogP contribution in [0.25, 0.3) is 0 Å². The molecule has 1 saturated heterocycles. The van der Waals surface area contributed by atoms with Crippen LogP contribution in [0.5, 0.6) is 5.75 Å². The first-order valence-electron chi connectivity index (χ1n) is 10.7. The molecule has 0 radical (unpaired) electrons. The third kappa shape index (κ3) is 5.85. The van der Waals surface area contributed by atoms with E-state index in [9.17, 15) is 18.0 Å². The second kappa shape index (κ2) is 11.0. The highest BCUT2D eigenvalue weighted by Crippen LogP contribution is 2.29. The van der Waals surface area contributed by atoms with E-state index >= 15 is 0 Å². The van der Waals surface area contributed by atoms with E-state index in [1.165, 1.54) is 47.8 Å². The van der Waals surface area contributed by atoms with Gasteiger partial charge in [-0.05, 0) is 56.2 Å². The summed E-state index contributed by atoms with van der Waals surface area (Å²) in [5, 5.41) is 2.80. The van der Waals surface area contributed by atoms with E-state index in [1.807, 2.05) is 0 Å². The molecule has 1 heterocycles. The molecule has 178 valence electrons. The van der Waals surface area contributed by atoms with Crippen molar-refractivity contribution in [3.05, 3.63) is 52.5 Å². The van der Waals surface area contributed by atoms with Gasteiger partial charge in [-0.25, -0.2) is 13.2 Å². The number of ether oxygens (including phenoxy) is 2. The average Bonchev–Trinajstić information content (AvgIpc) is 3.10. The van der Waals surface area contributed by atoms with E-state index in [2.05, 4.69) is 5.32 Å². The van der Waals surface area contributed by atoms with Gasteiger partial charge in [-0.15, -0.1) is 0 Å². The first-order valence-corrected chi connectivity index (χ1v) is 12.6. The van der Waals surface area contributed by atoms with Gasteiger partial charge in [-0.3, -0.25) is 4.79 Å². The number of nitrogens with one attached hydrogen (secondary N) is 1. The van der Waals surface area contributed by atoms with E-state index in [0.717, 1.165) is 25.7 Å². The Hall–Kier alpha value is -2.62. The number of halogens is 1. The van der Waals surface area contributed by atoms with Gasteiger partial charge in [0.15, 0.2) is 0 Å². The average molecular weight is 495 g/mol. The lowest BCUT2D eigenvalue weighted by Gasteiger charge is -2.20. The first-order chi connectivity index (χ1) is 15.8. The van der Waals surface area contributed by atoms with Crippen molar-refractivity contribution in [2.24, 2.45) is 0 Å². The molecule has 2 aromatic carbocycles. The van der Waals surface area contributed by atoms with Gasteiger partial charge >= 0.3 is 5.97 Å². The Labute approximate surface area is 198 Å². The highest BCUT2D eigenvalue weighted by molar-refractivity contribution is 7.89. The van der Waals surface area contributed by atoms with Crippen LogP contribution in [0.2, 0.25) is 5.02 Å². The number of carbonyl (C=O) groups excluding carboxylic acids is 2. The van der Waals surface area contributed by atoms with Crippen molar-refractivity contribution < 1.29 is 27.5 Å². The Kier molecular flexibility index (Phi) is 8.34. The first kappa shape index (κ1) is 25.0. The minimum atomic E-state index is -3.75. The molecule has 1 aliphatic heterocycles. The summed E-state index contributed by atoms with van der Waals surface area (Å²) in [6.45, 7) is 2.84. The van der Waals surface area contributed by atoms with Crippen molar-refractivity contribution in [1.29, 1.82) is 0 Å². The summed E-state index contributed by atoms with van der Waals surface area (Å²) in [5.41, 5.74) is 0.569. The Morgan fingerprint density at radius 2 is 1.76 bits per heavy atom. The van der Waals surface area contributed by atoms with Crippen LogP contribution in [-0.2, 0) is 14.8 Å². The molecule has 0 spiro atoms. The number of methoxy groups -OCH3 is 1. The zero-order valence-corrected chi connectivity index (χ0v) is 20.2. The Balaban J connectivity index is 1.88. The fourth-order valence-corrected chi connectivity index (χ4v) is 5.38. The van der Waals surface area contributed by atoms with Crippen molar-refractivity contribution in [2.75, 3.05) is 32.1 Å². The van der Waals surface area contributed by atoms with E-state index < -0.39 is 21.9 Å². The normalized spacial score (nSPS) is 14.9. The van der Waals surface area contributed by atoms with Crippen LogP contribution in [0.15, 0.2) is 41.3 Å². The van der Waals surface area contributed by atoms with Gasteiger partial charge in [0.2, 0.25) is 10.0 Å². The van der Waals surface area contributed by atoms with Gasteiger partial charge in [0.25, 0.3) is 5.91 Å². The molecule has 0 aromatic heterocycles. The molecule has 10 heteroatoms. The molecule has 3 rings (SSSR count). The van der Waals surface area contributed by atoms with Gasteiger partial charge in [0.05, 0.1) is 40.4 Å².